The number of methoxy groups -OCH3 is 1. The van der Waals surface area contributed by atoms with Gasteiger partial charge in [0.2, 0.25) is 0 Å². The molecule has 4 rings (SSSR count). The predicted molar refractivity (Wildman–Crippen MR) is 125 cm³/mol. The summed E-state index contributed by atoms with van der Waals surface area (Å²) in [5, 5.41) is 0. The molecule has 150 valence electrons. The predicted octanol–water partition coefficient (Wildman–Crippen LogP) is 5.93. The Balaban J connectivity index is 1.90. The first-order chi connectivity index (χ1) is 14.6. The van der Waals surface area contributed by atoms with E-state index in [2.05, 4.69) is 33.1 Å². The molecule has 0 aliphatic heterocycles. The topological polar surface area (TPSA) is 43.6 Å². The van der Waals surface area contributed by atoms with Crippen LogP contribution in [-0.4, -0.2) is 17.6 Å². The highest BCUT2D eigenvalue weighted by atomic mass is 79.9. The maximum atomic E-state index is 12.8. The minimum Gasteiger partial charge on any atom is -0.497 e. The monoisotopic (exact) mass is 478 g/mol. The number of ether oxygens (including phenoxy) is 1. The summed E-state index contributed by atoms with van der Waals surface area (Å²) < 4.78 is 8.01. The zero-order valence-electron chi connectivity index (χ0n) is 16.5. The second kappa shape index (κ2) is 8.81. The third-order valence-corrected chi connectivity index (χ3v) is 6.60. The Kier molecular flexibility index (Phi) is 5.97. The first-order valence-corrected chi connectivity index (χ1v) is 10.9. The van der Waals surface area contributed by atoms with Crippen LogP contribution in [0.25, 0.3) is 21.7 Å². The van der Waals surface area contributed by atoms with Gasteiger partial charge in [-0.15, -0.1) is 0 Å². The number of halogens is 1. The van der Waals surface area contributed by atoms with Gasteiger partial charge in [0.05, 0.1) is 23.2 Å². The van der Waals surface area contributed by atoms with E-state index in [1.807, 2.05) is 72.3 Å². The minimum absolute atomic E-state index is 0.278. The molecule has 30 heavy (non-hydrogen) atoms. The van der Waals surface area contributed by atoms with Crippen LogP contribution in [0.1, 0.15) is 10.4 Å². The molecule has 4 nitrogen and oxygen atoms in total. The zero-order chi connectivity index (χ0) is 21.1. The van der Waals surface area contributed by atoms with Crippen LogP contribution in [0, 0.1) is 0 Å². The molecule has 3 aromatic carbocycles. The van der Waals surface area contributed by atoms with Crippen molar-refractivity contribution in [1.82, 2.24) is 4.57 Å². The zero-order valence-corrected chi connectivity index (χ0v) is 18.9. The molecule has 0 aliphatic carbocycles. The third kappa shape index (κ3) is 4.01. The van der Waals surface area contributed by atoms with Crippen molar-refractivity contribution in [2.45, 2.75) is 0 Å². The van der Waals surface area contributed by atoms with Gasteiger partial charge in [0.1, 0.15) is 5.75 Å². The van der Waals surface area contributed by atoms with Gasteiger partial charge in [0, 0.05) is 11.5 Å². The van der Waals surface area contributed by atoms with Crippen molar-refractivity contribution >= 4 is 33.2 Å². The fraction of sp³-hybridized carbons (Fsp3) is 0.0833. The number of nitrogens with zero attached hydrogens (tertiary/aromatic N) is 2. The first kappa shape index (κ1) is 20.3. The van der Waals surface area contributed by atoms with E-state index in [4.69, 9.17) is 4.74 Å². The van der Waals surface area contributed by atoms with E-state index in [0.29, 0.717) is 10.4 Å². The molecule has 1 amide bonds. The normalized spacial score (nSPS) is 11.5. The molecule has 0 atom stereocenters. The summed E-state index contributed by atoms with van der Waals surface area (Å²) in [5.74, 6) is 0.520. The van der Waals surface area contributed by atoms with Gasteiger partial charge in [-0.25, -0.2) is 0 Å². The third-order valence-electron chi connectivity index (χ3n) is 4.73. The van der Waals surface area contributed by atoms with Gasteiger partial charge < -0.3 is 9.30 Å². The summed E-state index contributed by atoms with van der Waals surface area (Å²) in [7, 11) is 3.59. The second-order valence-electron chi connectivity index (χ2n) is 6.61. The van der Waals surface area contributed by atoms with E-state index >= 15 is 0 Å². The van der Waals surface area contributed by atoms with Crippen LogP contribution in [-0.2, 0) is 7.05 Å². The summed E-state index contributed by atoms with van der Waals surface area (Å²) in [6.07, 6.45) is 0. The number of hydrogen-bond acceptors (Lipinski definition) is 3. The minimum atomic E-state index is -0.278. The second-order valence-corrected chi connectivity index (χ2v) is 8.44. The standard InChI is InChI=1S/C24H19BrN2O2S/c1-27-21(16-12-14-18(29-2)15-13-16)22(17-8-4-3-5-9-17)30-24(27)26-23(28)19-10-6-7-11-20(19)25/h3-15H,1-2H3. The van der Waals surface area contributed by atoms with Crippen LogP contribution < -0.4 is 9.54 Å². The maximum absolute atomic E-state index is 12.8. The van der Waals surface area contributed by atoms with Crippen LogP contribution in [0.5, 0.6) is 5.75 Å². The van der Waals surface area contributed by atoms with Crippen LogP contribution in [0.4, 0.5) is 0 Å². The van der Waals surface area contributed by atoms with Crippen molar-refractivity contribution in [2.24, 2.45) is 12.0 Å². The van der Waals surface area contributed by atoms with Crippen LogP contribution in [0.3, 0.4) is 0 Å². The van der Waals surface area contributed by atoms with Gasteiger partial charge in [0.15, 0.2) is 4.80 Å². The summed E-state index contributed by atoms with van der Waals surface area (Å²) in [5.41, 5.74) is 3.66. The van der Waals surface area contributed by atoms with Crippen LogP contribution in [0.2, 0.25) is 0 Å². The molecule has 1 aromatic heterocycles. The van der Waals surface area contributed by atoms with E-state index in [1.54, 1.807) is 13.2 Å². The lowest BCUT2D eigenvalue weighted by atomic mass is 10.1. The molecule has 6 heteroatoms. The Morgan fingerprint density at radius 3 is 2.27 bits per heavy atom. The van der Waals surface area contributed by atoms with Gasteiger partial charge in [0.25, 0.3) is 5.91 Å². The highest BCUT2D eigenvalue weighted by Gasteiger charge is 2.17. The molecule has 4 aromatic rings. The van der Waals surface area contributed by atoms with Crippen molar-refractivity contribution in [3.63, 3.8) is 0 Å². The van der Waals surface area contributed by atoms with Gasteiger partial charge in [-0.1, -0.05) is 53.8 Å². The van der Waals surface area contributed by atoms with Crippen molar-refractivity contribution in [2.75, 3.05) is 7.11 Å². The smallest absolute Gasteiger partial charge is 0.280 e. The SMILES string of the molecule is COc1ccc(-c2c(-c3ccccc3)sc(=NC(=O)c3ccccc3Br)n2C)cc1. The van der Waals surface area contributed by atoms with Gasteiger partial charge >= 0.3 is 0 Å². The molecule has 0 spiro atoms. The lowest BCUT2D eigenvalue weighted by Crippen LogP contribution is -2.14. The number of thiazole rings is 1. The van der Waals surface area contributed by atoms with E-state index < -0.39 is 0 Å². The number of benzene rings is 3. The maximum Gasteiger partial charge on any atom is 0.280 e. The van der Waals surface area contributed by atoms with E-state index in [9.17, 15) is 4.79 Å². The van der Waals surface area contributed by atoms with Crippen LogP contribution >= 0.6 is 27.3 Å². The molecule has 0 fully saturated rings. The molecule has 0 saturated carbocycles. The van der Waals surface area contributed by atoms with Crippen molar-refractivity contribution in [1.29, 1.82) is 0 Å². The number of rotatable bonds is 4. The molecule has 0 bridgehead atoms. The Hall–Kier alpha value is -2.96. The van der Waals surface area contributed by atoms with Crippen molar-refractivity contribution in [3.05, 3.63) is 93.7 Å². The fourth-order valence-electron chi connectivity index (χ4n) is 3.19. The number of amides is 1. The van der Waals surface area contributed by atoms with Crippen LogP contribution in [0.15, 0.2) is 88.3 Å². The lowest BCUT2D eigenvalue weighted by Gasteiger charge is -2.08. The molecular weight excluding hydrogens is 460 g/mol. The Morgan fingerprint density at radius 1 is 0.933 bits per heavy atom. The first-order valence-electron chi connectivity index (χ1n) is 9.31. The quantitative estimate of drug-likeness (QED) is 0.364. The van der Waals surface area contributed by atoms with Crippen molar-refractivity contribution < 1.29 is 9.53 Å². The van der Waals surface area contributed by atoms with E-state index in [-0.39, 0.29) is 5.91 Å². The number of carbonyl (C=O) groups excluding carboxylic acids is 1. The molecule has 0 aliphatic rings. The highest BCUT2D eigenvalue weighted by Crippen LogP contribution is 2.35. The fourth-order valence-corrected chi connectivity index (χ4v) is 4.79. The summed E-state index contributed by atoms with van der Waals surface area (Å²) >= 11 is 4.94. The molecular formula is C24H19BrN2O2S. The van der Waals surface area contributed by atoms with Crippen molar-refractivity contribution in [3.8, 4) is 27.4 Å². The number of carbonyl (C=O) groups is 1. The van der Waals surface area contributed by atoms with Gasteiger partial charge in [-0.05, 0) is 63.5 Å². The summed E-state index contributed by atoms with van der Waals surface area (Å²) in [4.78, 5) is 19.0. The number of aromatic nitrogens is 1. The largest absolute Gasteiger partial charge is 0.497 e. The van der Waals surface area contributed by atoms with E-state index in [0.717, 1.165) is 31.9 Å². The summed E-state index contributed by atoms with van der Waals surface area (Å²) in [6.45, 7) is 0. The van der Waals surface area contributed by atoms with Gasteiger partial charge in [-0.3, -0.25) is 4.79 Å². The average molecular weight is 479 g/mol. The lowest BCUT2D eigenvalue weighted by molar-refractivity contribution is 0.0997. The Bertz CT molecular complexity index is 1260. The molecule has 0 saturated heterocycles. The highest BCUT2D eigenvalue weighted by molar-refractivity contribution is 9.10. The van der Waals surface area contributed by atoms with E-state index in [1.165, 1.54) is 11.3 Å². The van der Waals surface area contributed by atoms with Gasteiger partial charge in [-0.2, -0.15) is 4.99 Å². The Morgan fingerprint density at radius 2 is 1.60 bits per heavy atom. The number of hydrogen-bond donors (Lipinski definition) is 0. The molecule has 0 N–H and O–H groups in total. The summed E-state index contributed by atoms with van der Waals surface area (Å²) in [6, 6.07) is 25.4. The molecule has 1 heterocycles. The average Bonchev–Trinajstić information content (AvgIpc) is 3.10. The molecule has 0 radical (unpaired) electrons. The Labute approximate surface area is 187 Å². The molecule has 0 unspecified atom stereocenters.